The number of phenolic OH excluding ortho intramolecular Hbond substituents is 2. The first-order valence-electron chi connectivity index (χ1n) is 9.58. The lowest BCUT2D eigenvalue weighted by atomic mass is 9.84. The zero-order valence-corrected chi connectivity index (χ0v) is 16.0. The van der Waals surface area contributed by atoms with Crippen molar-refractivity contribution < 1.29 is 23.4 Å². The molecule has 0 radical (unpaired) electrons. The van der Waals surface area contributed by atoms with Crippen LogP contribution in [-0.2, 0) is 6.18 Å². The van der Waals surface area contributed by atoms with Crippen LogP contribution in [0.25, 0.3) is 21.8 Å². The SMILES string of the molecule is Oc1ccc2[nH]cc(C(c3ccc(C(F)(F)F)cc3)c3c[nH]c4ccc(O)cc34)c2c1. The number of halogens is 3. The van der Waals surface area contributed by atoms with E-state index in [9.17, 15) is 23.4 Å². The lowest BCUT2D eigenvalue weighted by molar-refractivity contribution is -0.137. The van der Waals surface area contributed by atoms with E-state index in [-0.39, 0.29) is 11.5 Å². The van der Waals surface area contributed by atoms with Crippen LogP contribution in [-0.4, -0.2) is 20.2 Å². The van der Waals surface area contributed by atoms with E-state index >= 15 is 0 Å². The monoisotopic (exact) mass is 422 g/mol. The minimum absolute atomic E-state index is 0.0936. The molecule has 2 heterocycles. The summed E-state index contributed by atoms with van der Waals surface area (Å²) in [5, 5.41) is 21.6. The fraction of sp³-hybridized carbons (Fsp3) is 0.0833. The molecular weight excluding hydrogens is 405 g/mol. The van der Waals surface area contributed by atoms with Crippen molar-refractivity contribution in [1.29, 1.82) is 0 Å². The summed E-state index contributed by atoms with van der Waals surface area (Å²) in [7, 11) is 0. The van der Waals surface area contributed by atoms with Crippen molar-refractivity contribution in [2.75, 3.05) is 0 Å². The number of phenols is 2. The van der Waals surface area contributed by atoms with Gasteiger partial charge in [0.15, 0.2) is 0 Å². The van der Waals surface area contributed by atoms with E-state index in [0.717, 1.165) is 45.1 Å². The van der Waals surface area contributed by atoms with Gasteiger partial charge in [-0.15, -0.1) is 0 Å². The second-order valence-corrected chi connectivity index (χ2v) is 7.50. The summed E-state index contributed by atoms with van der Waals surface area (Å²) in [5.74, 6) is -0.249. The summed E-state index contributed by atoms with van der Waals surface area (Å²) in [6.45, 7) is 0. The molecule has 0 fully saturated rings. The number of nitrogens with one attached hydrogen (secondary N) is 2. The van der Waals surface area contributed by atoms with Crippen LogP contribution in [0.4, 0.5) is 13.2 Å². The summed E-state index contributed by atoms with van der Waals surface area (Å²) in [6.07, 6.45) is -0.824. The Bertz CT molecular complexity index is 1320. The third-order valence-corrected chi connectivity index (χ3v) is 5.59. The van der Waals surface area contributed by atoms with E-state index in [4.69, 9.17) is 0 Å². The number of hydrogen-bond acceptors (Lipinski definition) is 2. The van der Waals surface area contributed by atoms with Crippen molar-refractivity contribution in [1.82, 2.24) is 9.97 Å². The van der Waals surface area contributed by atoms with Crippen molar-refractivity contribution in [3.8, 4) is 11.5 Å². The summed E-state index contributed by atoms with van der Waals surface area (Å²) in [5.41, 5.74) is 3.13. The molecule has 2 aromatic heterocycles. The second-order valence-electron chi connectivity index (χ2n) is 7.50. The molecule has 0 unspecified atom stereocenters. The third-order valence-electron chi connectivity index (χ3n) is 5.59. The van der Waals surface area contributed by atoms with Gasteiger partial charge < -0.3 is 20.2 Å². The van der Waals surface area contributed by atoms with Gasteiger partial charge in [0.25, 0.3) is 0 Å². The van der Waals surface area contributed by atoms with Gasteiger partial charge >= 0.3 is 6.18 Å². The molecule has 7 heteroatoms. The number of rotatable bonds is 3. The van der Waals surface area contributed by atoms with Crippen LogP contribution >= 0.6 is 0 Å². The Kier molecular flexibility index (Phi) is 4.22. The van der Waals surface area contributed by atoms with Crippen LogP contribution in [0.5, 0.6) is 11.5 Å². The number of aromatic hydroxyl groups is 2. The molecule has 0 atom stereocenters. The van der Waals surface area contributed by atoms with Crippen molar-refractivity contribution >= 4 is 21.8 Å². The average Bonchev–Trinajstić information content (AvgIpc) is 3.33. The van der Waals surface area contributed by atoms with Crippen LogP contribution in [0, 0.1) is 0 Å². The first kappa shape index (κ1) is 19.1. The lowest BCUT2D eigenvalue weighted by Crippen LogP contribution is -2.07. The van der Waals surface area contributed by atoms with Crippen LogP contribution in [0.15, 0.2) is 73.1 Å². The molecular formula is C24H17F3N2O2. The van der Waals surface area contributed by atoms with E-state index < -0.39 is 17.7 Å². The first-order valence-corrected chi connectivity index (χ1v) is 9.58. The van der Waals surface area contributed by atoms with Gasteiger partial charge in [0.1, 0.15) is 11.5 Å². The Morgan fingerprint density at radius 1 is 0.677 bits per heavy atom. The maximum atomic E-state index is 13.1. The minimum atomic E-state index is -4.42. The van der Waals surface area contributed by atoms with Gasteiger partial charge in [-0.3, -0.25) is 0 Å². The molecule has 31 heavy (non-hydrogen) atoms. The zero-order valence-electron chi connectivity index (χ0n) is 16.0. The summed E-state index contributed by atoms with van der Waals surface area (Å²) in [6, 6.07) is 15.0. The largest absolute Gasteiger partial charge is 0.508 e. The highest BCUT2D eigenvalue weighted by molar-refractivity contribution is 5.90. The number of aromatic amines is 2. The molecule has 156 valence electrons. The van der Waals surface area contributed by atoms with Crippen LogP contribution < -0.4 is 0 Å². The molecule has 0 bridgehead atoms. The Morgan fingerprint density at radius 3 is 1.61 bits per heavy atom. The number of aromatic nitrogens is 2. The van der Waals surface area contributed by atoms with Crippen LogP contribution in [0.3, 0.4) is 0 Å². The summed E-state index contributed by atoms with van der Waals surface area (Å²) in [4.78, 5) is 6.34. The Labute approximate surface area is 174 Å². The average molecular weight is 422 g/mol. The molecule has 4 N–H and O–H groups in total. The molecule has 0 saturated heterocycles. The molecule has 0 aliphatic carbocycles. The van der Waals surface area contributed by atoms with Gasteiger partial charge in [0.05, 0.1) is 5.56 Å². The number of alkyl halides is 3. The van der Waals surface area contributed by atoms with Crippen LogP contribution in [0.2, 0.25) is 0 Å². The smallest absolute Gasteiger partial charge is 0.416 e. The van der Waals surface area contributed by atoms with Crippen molar-refractivity contribution in [2.24, 2.45) is 0 Å². The number of fused-ring (bicyclic) bond motifs is 2. The lowest BCUT2D eigenvalue weighted by Gasteiger charge is -2.18. The van der Waals surface area contributed by atoms with Gasteiger partial charge in [-0.25, -0.2) is 0 Å². The van der Waals surface area contributed by atoms with E-state index in [2.05, 4.69) is 9.97 Å². The van der Waals surface area contributed by atoms with Crippen LogP contribution in [0.1, 0.15) is 28.2 Å². The van der Waals surface area contributed by atoms with Gasteiger partial charge in [-0.2, -0.15) is 13.2 Å². The predicted octanol–water partition coefficient (Wildman–Crippen LogP) is 6.26. The van der Waals surface area contributed by atoms with Crippen molar-refractivity contribution in [3.63, 3.8) is 0 Å². The second kappa shape index (κ2) is 6.84. The Morgan fingerprint density at radius 2 is 1.16 bits per heavy atom. The van der Waals surface area contributed by atoms with Crippen molar-refractivity contribution in [2.45, 2.75) is 12.1 Å². The predicted molar refractivity (Wildman–Crippen MR) is 112 cm³/mol. The standard InChI is InChI=1S/C24H17F3N2O2/c25-24(26,27)14-3-1-13(2-4-14)23(19-11-28-21-7-5-15(30)9-17(19)21)20-12-29-22-8-6-16(31)10-18(20)22/h1-12,23,28-31H. The number of hydrogen-bond donors (Lipinski definition) is 4. The normalized spacial score (nSPS) is 12.3. The first-order chi connectivity index (χ1) is 14.8. The number of benzene rings is 3. The van der Waals surface area contributed by atoms with E-state index in [1.54, 1.807) is 48.8 Å². The highest BCUT2D eigenvalue weighted by atomic mass is 19.4. The molecule has 0 amide bonds. The zero-order chi connectivity index (χ0) is 21.8. The van der Waals surface area contributed by atoms with Gasteiger partial charge in [-0.1, -0.05) is 12.1 Å². The highest BCUT2D eigenvalue weighted by Gasteiger charge is 2.31. The fourth-order valence-electron chi connectivity index (χ4n) is 4.13. The van der Waals surface area contributed by atoms with Gasteiger partial charge in [0.2, 0.25) is 0 Å². The third kappa shape index (κ3) is 3.28. The maximum Gasteiger partial charge on any atom is 0.416 e. The van der Waals surface area contributed by atoms with Gasteiger partial charge in [0, 0.05) is 40.1 Å². The summed E-state index contributed by atoms with van der Waals surface area (Å²) < 4.78 is 39.3. The number of H-pyrrole nitrogens is 2. The molecule has 4 nitrogen and oxygen atoms in total. The van der Waals surface area contributed by atoms with Crippen molar-refractivity contribution in [3.05, 3.63) is 95.3 Å². The topological polar surface area (TPSA) is 72.0 Å². The highest BCUT2D eigenvalue weighted by Crippen LogP contribution is 2.41. The van der Waals surface area contributed by atoms with E-state index in [1.165, 1.54) is 12.1 Å². The van der Waals surface area contributed by atoms with E-state index in [0.29, 0.717) is 5.56 Å². The molecule has 5 aromatic rings. The van der Waals surface area contributed by atoms with Gasteiger partial charge in [-0.05, 0) is 65.2 Å². The Hall–Kier alpha value is -3.87. The Balaban J connectivity index is 1.76. The molecule has 0 saturated carbocycles. The minimum Gasteiger partial charge on any atom is -0.508 e. The summed E-state index contributed by atoms with van der Waals surface area (Å²) >= 11 is 0. The quantitative estimate of drug-likeness (QED) is 0.277. The molecule has 0 aliphatic heterocycles. The molecule has 0 aliphatic rings. The molecule has 0 spiro atoms. The maximum absolute atomic E-state index is 13.1. The fourth-order valence-corrected chi connectivity index (χ4v) is 4.13. The molecule has 5 rings (SSSR count). The molecule has 3 aromatic carbocycles. The van der Waals surface area contributed by atoms with E-state index in [1.807, 2.05) is 0 Å².